The molecule has 114 valence electrons. The van der Waals surface area contributed by atoms with Gasteiger partial charge in [-0.3, -0.25) is 0 Å². The van der Waals surface area contributed by atoms with E-state index in [0.717, 1.165) is 38.8 Å². The van der Waals surface area contributed by atoms with E-state index in [4.69, 9.17) is 0 Å². The molecular formula is C17H27F2N. The van der Waals surface area contributed by atoms with Crippen LogP contribution in [-0.2, 0) is 6.42 Å². The third-order valence-corrected chi connectivity index (χ3v) is 4.13. The van der Waals surface area contributed by atoms with E-state index in [1.807, 2.05) is 0 Å². The molecule has 0 heterocycles. The van der Waals surface area contributed by atoms with Crippen molar-refractivity contribution in [3.63, 3.8) is 0 Å². The summed E-state index contributed by atoms with van der Waals surface area (Å²) in [4.78, 5) is 0. The maximum Gasteiger partial charge on any atom is 0.126 e. The standard InChI is InChI=1S/C17H27F2N/c1-4-7-10-17(5-2,13-20-6-3)12-14-11-15(18)8-9-16(14)19/h8-9,11,20H,4-7,10,12-13H2,1-3H3. The van der Waals surface area contributed by atoms with E-state index in [2.05, 4.69) is 26.1 Å². The smallest absolute Gasteiger partial charge is 0.126 e. The molecule has 20 heavy (non-hydrogen) atoms. The Morgan fingerprint density at radius 2 is 1.90 bits per heavy atom. The Balaban J connectivity index is 2.93. The van der Waals surface area contributed by atoms with Gasteiger partial charge in [0, 0.05) is 6.54 Å². The molecular weight excluding hydrogens is 256 g/mol. The van der Waals surface area contributed by atoms with Gasteiger partial charge in [-0.25, -0.2) is 8.78 Å². The zero-order valence-corrected chi connectivity index (χ0v) is 12.9. The molecule has 1 aromatic rings. The fraction of sp³-hybridized carbons (Fsp3) is 0.647. The summed E-state index contributed by atoms with van der Waals surface area (Å²) in [5.74, 6) is -0.650. The lowest BCUT2D eigenvalue weighted by atomic mass is 9.75. The summed E-state index contributed by atoms with van der Waals surface area (Å²) < 4.78 is 27.2. The maximum atomic E-state index is 13.9. The highest BCUT2D eigenvalue weighted by molar-refractivity contribution is 5.20. The van der Waals surface area contributed by atoms with Crippen molar-refractivity contribution in [3.8, 4) is 0 Å². The predicted octanol–water partition coefficient (Wildman–Crippen LogP) is 4.70. The number of benzene rings is 1. The molecule has 0 aliphatic rings. The van der Waals surface area contributed by atoms with Crippen LogP contribution in [0.4, 0.5) is 8.78 Å². The molecule has 0 radical (unpaired) electrons. The van der Waals surface area contributed by atoms with Gasteiger partial charge in [0.15, 0.2) is 0 Å². The average Bonchev–Trinajstić information content (AvgIpc) is 2.46. The number of unbranched alkanes of at least 4 members (excludes halogenated alkanes) is 1. The lowest BCUT2D eigenvalue weighted by Crippen LogP contribution is -2.36. The number of hydrogen-bond acceptors (Lipinski definition) is 1. The van der Waals surface area contributed by atoms with E-state index in [1.54, 1.807) is 0 Å². The van der Waals surface area contributed by atoms with Gasteiger partial charge >= 0.3 is 0 Å². The van der Waals surface area contributed by atoms with Crippen LogP contribution in [0.5, 0.6) is 0 Å². The Morgan fingerprint density at radius 1 is 1.15 bits per heavy atom. The van der Waals surface area contributed by atoms with Gasteiger partial charge in [0.2, 0.25) is 0 Å². The normalized spacial score (nSPS) is 14.2. The molecule has 1 aromatic carbocycles. The Bertz CT molecular complexity index is 396. The lowest BCUT2D eigenvalue weighted by molar-refractivity contribution is 0.228. The van der Waals surface area contributed by atoms with Gasteiger partial charge in [-0.15, -0.1) is 0 Å². The molecule has 0 aromatic heterocycles. The first kappa shape index (κ1) is 17.1. The van der Waals surface area contributed by atoms with Gasteiger partial charge in [0.1, 0.15) is 11.6 Å². The van der Waals surface area contributed by atoms with Crippen LogP contribution in [0.25, 0.3) is 0 Å². The minimum Gasteiger partial charge on any atom is -0.316 e. The van der Waals surface area contributed by atoms with E-state index in [-0.39, 0.29) is 17.0 Å². The van der Waals surface area contributed by atoms with Crippen LogP contribution >= 0.6 is 0 Å². The van der Waals surface area contributed by atoms with Crippen LogP contribution in [0.15, 0.2) is 18.2 Å². The minimum atomic E-state index is -0.356. The van der Waals surface area contributed by atoms with Gasteiger partial charge in [0.05, 0.1) is 0 Å². The third-order valence-electron chi connectivity index (χ3n) is 4.13. The second-order valence-electron chi connectivity index (χ2n) is 5.65. The Hall–Kier alpha value is -0.960. The monoisotopic (exact) mass is 283 g/mol. The van der Waals surface area contributed by atoms with Crippen LogP contribution in [0.1, 0.15) is 52.0 Å². The van der Waals surface area contributed by atoms with Crippen molar-refractivity contribution >= 4 is 0 Å². The fourth-order valence-electron chi connectivity index (χ4n) is 2.69. The van der Waals surface area contributed by atoms with Crippen molar-refractivity contribution in [3.05, 3.63) is 35.4 Å². The Labute approximate surface area is 121 Å². The van der Waals surface area contributed by atoms with Gasteiger partial charge in [0.25, 0.3) is 0 Å². The SMILES string of the molecule is CCCCC(CC)(CNCC)Cc1cc(F)ccc1F. The average molecular weight is 283 g/mol. The zero-order valence-electron chi connectivity index (χ0n) is 12.9. The summed E-state index contributed by atoms with van der Waals surface area (Å²) in [6.07, 6.45) is 4.86. The molecule has 1 N–H and O–H groups in total. The molecule has 0 saturated carbocycles. The molecule has 0 aliphatic heterocycles. The van der Waals surface area contributed by atoms with Gasteiger partial charge in [-0.1, -0.05) is 33.6 Å². The van der Waals surface area contributed by atoms with Crippen molar-refractivity contribution in [2.24, 2.45) is 5.41 Å². The molecule has 0 fully saturated rings. The van der Waals surface area contributed by atoms with E-state index in [1.165, 1.54) is 18.2 Å². The van der Waals surface area contributed by atoms with Crippen LogP contribution in [-0.4, -0.2) is 13.1 Å². The predicted molar refractivity (Wildman–Crippen MR) is 80.9 cm³/mol. The topological polar surface area (TPSA) is 12.0 Å². The molecule has 0 amide bonds. The summed E-state index contributed by atoms with van der Waals surface area (Å²) in [6.45, 7) is 8.14. The lowest BCUT2D eigenvalue weighted by Gasteiger charge is -2.33. The van der Waals surface area contributed by atoms with Crippen LogP contribution < -0.4 is 5.32 Å². The molecule has 0 bridgehead atoms. The van der Waals surface area contributed by atoms with E-state index in [0.29, 0.717) is 12.0 Å². The van der Waals surface area contributed by atoms with Gasteiger partial charge in [-0.05, 0) is 55.0 Å². The molecule has 1 rings (SSSR count). The van der Waals surface area contributed by atoms with Crippen LogP contribution in [0.3, 0.4) is 0 Å². The number of hydrogen-bond donors (Lipinski definition) is 1. The first-order valence-electron chi connectivity index (χ1n) is 7.71. The van der Waals surface area contributed by atoms with Crippen molar-refractivity contribution in [1.82, 2.24) is 5.32 Å². The van der Waals surface area contributed by atoms with Crippen molar-refractivity contribution in [2.45, 2.75) is 52.9 Å². The van der Waals surface area contributed by atoms with Crippen LogP contribution in [0.2, 0.25) is 0 Å². The van der Waals surface area contributed by atoms with E-state index in [9.17, 15) is 8.78 Å². The largest absolute Gasteiger partial charge is 0.316 e. The van der Waals surface area contributed by atoms with E-state index < -0.39 is 0 Å². The summed E-state index contributed by atoms with van der Waals surface area (Å²) >= 11 is 0. The zero-order chi connectivity index (χ0) is 15.0. The van der Waals surface area contributed by atoms with E-state index >= 15 is 0 Å². The molecule has 0 saturated heterocycles. The summed E-state index contributed by atoms with van der Waals surface area (Å²) in [5, 5.41) is 3.39. The summed E-state index contributed by atoms with van der Waals surface area (Å²) in [5.41, 5.74) is 0.515. The minimum absolute atomic E-state index is 0.0145. The molecule has 1 nitrogen and oxygen atoms in total. The highest BCUT2D eigenvalue weighted by atomic mass is 19.1. The molecule has 0 aliphatic carbocycles. The number of nitrogens with one attached hydrogen (secondary N) is 1. The number of rotatable bonds is 9. The van der Waals surface area contributed by atoms with Crippen molar-refractivity contribution in [2.75, 3.05) is 13.1 Å². The Kier molecular flexibility index (Phi) is 7.14. The fourth-order valence-corrected chi connectivity index (χ4v) is 2.69. The highest BCUT2D eigenvalue weighted by Crippen LogP contribution is 2.33. The molecule has 1 unspecified atom stereocenters. The summed E-state index contributed by atoms with van der Waals surface area (Å²) in [7, 11) is 0. The van der Waals surface area contributed by atoms with Crippen molar-refractivity contribution < 1.29 is 8.78 Å². The number of halogens is 2. The first-order valence-corrected chi connectivity index (χ1v) is 7.71. The molecule has 1 atom stereocenters. The third kappa shape index (κ3) is 4.86. The van der Waals surface area contributed by atoms with Crippen LogP contribution in [0, 0.1) is 17.0 Å². The Morgan fingerprint density at radius 3 is 2.50 bits per heavy atom. The second kappa shape index (κ2) is 8.35. The molecule has 3 heteroatoms. The highest BCUT2D eigenvalue weighted by Gasteiger charge is 2.28. The first-order chi connectivity index (χ1) is 9.56. The quantitative estimate of drug-likeness (QED) is 0.692. The van der Waals surface area contributed by atoms with Crippen molar-refractivity contribution in [1.29, 1.82) is 0 Å². The maximum absolute atomic E-state index is 13.9. The second-order valence-corrected chi connectivity index (χ2v) is 5.65. The molecule has 0 spiro atoms. The van der Waals surface area contributed by atoms with Gasteiger partial charge in [-0.2, -0.15) is 0 Å². The summed E-state index contributed by atoms with van der Waals surface area (Å²) in [6, 6.07) is 3.76. The van der Waals surface area contributed by atoms with Gasteiger partial charge < -0.3 is 5.32 Å².